The highest BCUT2D eigenvalue weighted by atomic mass is 32.1. The number of likely N-dealkylation sites (tertiary alicyclic amines) is 1. The summed E-state index contributed by atoms with van der Waals surface area (Å²) in [7, 11) is 0. The lowest BCUT2D eigenvalue weighted by Crippen LogP contribution is -2.47. The molecule has 0 aromatic rings. The average Bonchev–Trinajstić information content (AvgIpc) is 2.91. The van der Waals surface area contributed by atoms with Gasteiger partial charge in [-0.1, -0.05) is 18.6 Å². The van der Waals surface area contributed by atoms with E-state index in [0.29, 0.717) is 10.4 Å². The van der Waals surface area contributed by atoms with Gasteiger partial charge in [-0.2, -0.15) is 0 Å². The van der Waals surface area contributed by atoms with Crippen molar-refractivity contribution in [2.75, 3.05) is 6.54 Å². The first-order valence-corrected chi connectivity index (χ1v) is 6.97. The fourth-order valence-electron chi connectivity index (χ4n) is 3.11. The zero-order valence-electron chi connectivity index (χ0n) is 10.5. The molecule has 2 rings (SSSR count). The van der Waals surface area contributed by atoms with Crippen LogP contribution in [-0.2, 0) is 0 Å². The van der Waals surface area contributed by atoms with Crippen molar-refractivity contribution >= 4 is 17.2 Å². The SMILES string of the molecule is CC1CCCC(C)N1CC1(CC(N)=S)CC1. The van der Waals surface area contributed by atoms with E-state index < -0.39 is 0 Å². The van der Waals surface area contributed by atoms with E-state index in [-0.39, 0.29) is 0 Å². The van der Waals surface area contributed by atoms with Gasteiger partial charge in [0, 0.05) is 25.0 Å². The predicted molar refractivity (Wildman–Crippen MR) is 72.6 cm³/mol. The van der Waals surface area contributed by atoms with E-state index in [1.54, 1.807) is 0 Å². The lowest BCUT2D eigenvalue weighted by Gasteiger charge is -2.41. The molecule has 92 valence electrons. The Labute approximate surface area is 105 Å². The lowest BCUT2D eigenvalue weighted by atomic mass is 9.93. The highest BCUT2D eigenvalue weighted by Gasteiger charge is 2.45. The molecule has 1 aliphatic heterocycles. The lowest BCUT2D eigenvalue weighted by molar-refractivity contribution is 0.0797. The normalized spacial score (nSPS) is 33.6. The molecule has 2 fully saturated rings. The Morgan fingerprint density at radius 1 is 1.31 bits per heavy atom. The molecule has 2 unspecified atom stereocenters. The van der Waals surface area contributed by atoms with Crippen LogP contribution in [0.1, 0.15) is 52.4 Å². The number of hydrogen-bond acceptors (Lipinski definition) is 2. The molecule has 1 saturated carbocycles. The second-order valence-corrected chi connectivity index (χ2v) is 6.47. The van der Waals surface area contributed by atoms with Gasteiger partial charge in [0.05, 0.1) is 4.99 Å². The van der Waals surface area contributed by atoms with E-state index in [9.17, 15) is 0 Å². The maximum atomic E-state index is 5.71. The van der Waals surface area contributed by atoms with Gasteiger partial charge in [0.25, 0.3) is 0 Å². The third-order valence-corrected chi connectivity index (χ3v) is 4.54. The van der Waals surface area contributed by atoms with E-state index in [4.69, 9.17) is 18.0 Å². The van der Waals surface area contributed by atoms with Crippen molar-refractivity contribution in [3.63, 3.8) is 0 Å². The Bertz CT molecular complexity index is 263. The average molecular weight is 240 g/mol. The zero-order chi connectivity index (χ0) is 11.8. The van der Waals surface area contributed by atoms with Crippen molar-refractivity contribution in [2.45, 2.75) is 64.5 Å². The maximum Gasteiger partial charge on any atom is 0.0733 e. The van der Waals surface area contributed by atoms with Crippen LogP contribution in [0.3, 0.4) is 0 Å². The number of piperidine rings is 1. The van der Waals surface area contributed by atoms with Crippen LogP contribution in [0.25, 0.3) is 0 Å². The molecule has 16 heavy (non-hydrogen) atoms. The Morgan fingerprint density at radius 3 is 2.31 bits per heavy atom. The van der Waals surface area contributed by atoms with Gasteiger partial charge in [0.1, 0.15) is 0 Å². The maximum absolute atomic E-state index is 5.71. The third-order valence-electron chi connectivity index (χ3n) is 4.40. The fraction of sp³-hybridized carbons (Fsp3) is 0.923. The molecule has 1 heterocycles. The van der Waals surface area contributed by atoms with Crippen LogP contribution < -0.4 is 5.73 Å². The fourth-order valence-corrected chi connectivity index (χ4v) is 3.42. The summed E-state index contributed by atoms with van der Waals surface area (Å²) in [6, 6.07) is 1.49. The Balaban J connectivity index is 1.94. The second-order valence-electron chi connectivity index (χ2n) is 5.94. The summed E-state index contributed by atoms with van der Waals surface area (Å²) in [6.07, 6.45) is 7.70. The second kappa shape index (κ2) is 4.61. The molecular weight excluding hydrogens is 216 g/mol. The number of nitrogens with two attached hydrogens (primary N) is 1. The minimum absolute atomic E-state index is 0.450. The minimum atomic E-state index is 0.450. The van der Waals surface area contributed by atoms with Crippen LogP contribution in [0.4, 0.5) is 0 Å². The van der Waals surface area contributed by atoms with Gasteiger partial charge in [-0.15, -0.1) is 0 Å². The topological polar surface area (TPSA) is 29.3 Å². The molecule has 0 radical (unpaired) electrons. The highest BCUT2D eigenvalue weighted by molar-refractivity contribution is 7.80. The van der Waals surface area contributed by atoms with E-state index in [1.807, 2.05) is 0 Å². The quantitative estimate of drug-likeness (QED) is 0.766. The monoisotopic (exact) mass is 240 g/mol. The number of thiocarbonyl (C=S) groups is 1. The summed E-state index contributed by atoms with van der Waals surface area (Å²) in [5, 5.41) is 0. The van der Waals surface area contributed by atoms with Crippen LogP contribution in [-0.4, -0.2) is 28.5 Å². The molecule has 0 aromatic heterocycles. The summed E-state index contributed by atoms with van der Waals surface area (Å²) < 4.78 is 0. The number of nitrogens with zero attached hydrogens (tertiary/aromatic N) is 1. The van der Waals surface area contributed by atoms with Crippen molar-refractivity contribution in [3.8, 4) is 0 Å². The molecule has 2 N–H and O–H groups in total. The van der Waals surface area contributed by atoms with Crippen molar-refractivity contribution in [3.05, 3.63) is 0 Å². The Kier molecular flexibility index (Phi) is 3.55. The Morgan fingerprint density at radius 2 is 1.88 bits per heavy atom. The van der Waals surface area contributed by atoms with Crippen LogP contribution in [0, 0.1) is 5.41 Å². The van der Waals surface area contributed by atoms with Gasteiger partial charge in [0.15, 0.2) is 0 Å². The van der Waals surface area contributed by atoms with Crippen LogP contribution in [0.5, 0.6) is 0 Å². The molecule has 3 heteroatoms. The summed E-state index contributed by atoms with van der Waals surface area (Å²) in [5.74, 6) is 0. The first kappa shape index (κ1) is 12.3. The van der Waals surface area contributed by atoms with E-state index in [0.717, 1.165) is 18.5 Å². The molecule has 1 saturated heterocycles. The zero-order valence-corrected chi connectivity index (χ0v) is 11.4. The smallest absolute Gasteiger partial charge is 0.0733 e. The third kappa shape index (κ3) is 2.75. The molecule has 0 bridgehead atoms. The predicted octanol–water partition coefficient (Wildman–Crippen LogP) is 2.71. The highest BCUT2D eigenvalue weighted by Crippen LogP contribution is 2.50. The molecule has 2 aliphatic rings. The van der Waals surface area contributed by atoms with Gasteiger partial charge in [-0.3, -0.25) is 4.90 Å². The number of rotatable bonds is 4. The van der Waals surface area contributed by atoms with Gasteiger partial charge in [-0.25, -0.2) is 0 Å². The van der Waals surface area contributed by atoms with Crippen molar-refractivity contribution in [1.29, 1.82) is 0 Å². The Hall–Kier alpha value is -0.150. The summed E-state index contributed by atoms with van der Waals surface area (Å²) >= 11 is 5.07. The van der Waals surface area contributed by atoms with Crippen LogP contribution in [0.15, 0.2) is 0 Å². The van der Waals surface area contributed by atoms with Gasteiger partial charge >= 0.3 is 0 Å². The minimum Gasteiger partial charge on any atom is -0.393 e. The molecule has 0 amide bonds. The first-order chi connectivity index (χ1) is 7.52. The molecule has 0 spiro atoms. The van der Waals surface area contributed by atoms with E-state index in [1.165, 1.54) is 38.6 Å². The molecular formula is C13H24N2S. The summed E-state index contributed by atoms with van der Waals surface area (Å²) in [5.41, 5.74) is 6.16. The number of hydrogen-bond donors (Lipinski definition) is 1. The molecule has 2 atom stereocenters. The van der Waals surface area contributed by atoms with Crippen molar-refractivity contribution in [1.82, 2.24) is 4.90 Å². The van der Waals surface area contributed by atoms with Crippen molar-refractivity contribution < 1.29 is 0 Å². The van der Waals surface area contributed by atoms with Gasteiger partial charge < -0.3 is 5.73 Å². The molecule has 2 nitrogen and oxygen atoms in total. The van der Waals surface area contributed by atoms with E-state index >= 15 is 0 Å². The van der Waals surface area contributed by atoms with Gasteiger partial charge in [-0.05, 0) is 44.9 Å². The molecule has 1 aliphatic carbocycles. The van der Waals surface area contributed by atoms with Crippen LogP contribution in [0.2, 0.25) is 0 Å². The van der Waals surface area contributed by atoms with E-state index in [2.05, 4.69) is 18.7 Å². The summed E-state index contributed by atoms with van der Waals surface area (Å²) in [4.78, 5) is 3.39. The largest absolute Gasteiger partial charge is 0.393 e. The van der Waals surface area contributed by atoms with Crippen molar-refractivity contribution in [2.24, 2.45) is 11.1 Å². The molecule has 0 aromatic carbocycles. The van der Waals surface area contributed by atoms with Crippen LogP contribution >= 0.6 is 12.2 Å². The standard InChI is InChI=1S/C13H24N2S/c1-10-4-3-5-11(2)15(10)9-13(6-7-13)8-12(14)16/h10-11H,3-9H2,1-2H3,(H2,14,16). The first-order valence-electron chi connectivity index (χ1n) is 6.56. The van der Waals surface area contributed by atoms with Gasteiger partial charge in [0.2, 0.25) is 0 Å². The summed E-state index contributed by atoms with van der Waals surface area (Å²) in [6.45, 7) is 5.95.